The molecule has 0 fully saturated rings. The van der Waals surface area contributed by atoms with Gasteiger partial charge in [0.15, 0.2) is 11.3 Å². The van der Waals surface area contributed by atoms with Gasteiger partial charge >= 0.3 is 5.97 Å². The van der Waals surface area contributed by atoms with Gasteiger partial charge in [-0.05, 0) is 31.2 Å². The molecule has 0 saturated heterocycles. The standard InChI is InChI=1S/C14H10BrN3O2/c1-8-13(14(19)20)18-12(16-8)7-6-11(17-18)9-2-4-10(15)5-3-9/h2-7H,1H3,(H,19,20). The average Bonchev–Trinajstić information content (AvgIpc) is 2.74. The van der Waals surface area contributed by atoms with Gasteiger partial charge in [0.05, 0.1) is 11.4 Å². The topological polar surface area (TPSA) is 67.5 Å². The van der Waals surface area contributed by atoms with E-state index in [1.807, 2.05) is 30.3 Å². The third kappa shape index (κ3) is 2.08. The quantitative estimate of drug-likeness (QED) is 0.783. The molecule has 0 unspecified atom stereocenters. The smallest absolute Gasteiger partial charge is 0.356 e. The molecule has 0 atom stereocenters. The molecule has 0 aliphatic heterocycles. The predicted molar refractivity (Wildman–Crippen MR) is 77.8 cm³/mol. The number of benzene rings is 1. The minimum absolute atomic E-state index is 0.0963. The van der Waals surface area contributed by atoms with Gasteiger partial charge in [0.25, 0.3) is 0 Å². The van der Waals surface area contributed by atoms with Crippen LogP contribution in [0.4, 0.5) is 0 Å². The first-order chi connectivity index (χ1) is 9.56. The Balaban J connectivity index is 2.21. The van der Waals surface area contributed by atoms with E-state index in [1.165, 1.54) is 4.52 Å². The van der Waals surface area contributed by atoms with E-state index in [2.05, 4.69) is 26.0 Å². The van der Waals surface area contributed by atoms with E-state index >= 15 is 0 Å². The second-order valence-corrected chi connectivity index (χ2v) is 5.26. The van der Waals surface area contributed by atoms with Crippen LogP contribution in [0.1, 0.15) is 16.2 Å². The molecule has 0 saturated carbocycles. The Morgan fingerprint density at radius 2 is 1.90 bits per heavy atom. The van der Waals surface area contributed by atoms with Crippen molar-refractivity contribution in [3.63, 3.8) is 0 Å². The second-order valence-electron chi connectivity index (χ2n) is 4.35. The minimum atomic E-state index is -1.03. The monoisotopic (exact) mass is 331 g/mol. The maximum atomic E-state index is 11.3. The van der Waals surface area contributed by atoms with E-state index in [0.29, 0.717) is 17.0 Å². The molecule has 100 valence electrons. The van der Waals surface area contributed by atoms with Crippen molar-refractivity contribution in [2.45, 2.75) is 6.92 Å². The molecule has 3 rings (SSSR count). The van der Waals surface area contributed by atoms with Gasteiger partial charge in [-0.15, -0.1) is 0 Å². The molecule has 2 aromatic heterocycles. The van der Waals surface area contributed by atoms with Crippen LogP contribution < -0.4 is 0 Å². The Hall–Kier alpha value is -2.21. The molecule has 1 N–H and O–H groups in total. The minimum Gasteiger partial charge on any atom is -0.476 e. The molecule has 0 aliphatic carbocycles. The van der Waals surface area contributed by atoms with E-state index in [-0.39, 0.29) is 5.69 Å². The lowest BCUT2D eigenvalue weighted by molar-refractivity contribution is 0.0687. The Bertz CT molecular complexity index is 809. The van der Waals surface area contributed by atoms with Crippen molar-refractivity contribution < 1.29 is 9.90 Å². The Kier molecular flexibility index (Phi) is 3.02. The summed E-state index contributed by atoms with van der Waals surface area (Å²) in [7, 11) is 0. The van der Waals surface area contributed by atoms with Gasteiger partial charge in [-0.3, -0.25) is 0 Å². The molecule has 20 heavy (non-hydrogen) atoms. The summed E-state index contributed by atoms with van der Waals surface area (Å²) < 4.78 is 2.35. The van der Waals surface area contributed by atoms with Crippen molar-refractivity contribution in [1.29, 1.82) is 0 Å². The summed E-state index contributed by atoms with van der Waals surface area (Å²) in [6.07, 6.45) is 0. The summed E-state index contributed by atoms with van der Waals surface area (Å²) in [4.78, 5) is 15.5. The van der Waals surface area contributed by atoms with Crippen molar-refractivity contribution in [2.75, 3.05) is 0 Å². The molecule has 0 spiro atoms. The first-order valence-corrected chi connectivity index (χ1v) is 6.71. The van der Waals surface area contributed by atoms with Crippen LogP contribution >= 0.6 is 15.9 Å². The third-order valence-corrected chi connectivity index (χ3v) is 3.52. The molecular formula is C14H10BrN3O2. The fourth-order valence-electron chi connectivity index (χ4n) is 2.06. The van der Waals surface area contributed by atoms with Gasteiger partial charge in [0.2, 0.25) is 0 Å². The number of fused-ring (bicyclic) bond motifs is 1. The number of rotatable bonds is 2. The van der Waals surface area contributed by atoms with Crippen LogP contribution in [0.15, 0.2) is 40.9 Å². The molecule has 6 heteroatoms. The summed E-state index contributed by atoms with van der Waals surface area (Å²) >= 11 is 3.38. The zero-order valence-corrected chi connectivity index (χ0v) is 12.1. The van der Waals surface area contributed by atoms with Crippen LogP contribution in [0.2, 0.25) is 0 Å². The van der Waals surface area contributed by atoms with Gasteiger partial charge in [0.1, 0.15) is 0 Å². The van der Waals surface area contributed by atoms with Crippen molar-refractivity contribution in [2.24, 2.45) is 0 Å². The Morgan fingerprint density at radius 1 is 1.20 bits per heavy atom. The fourth-order valence-corrected chi connectivity index (χ4v) is 2.33. The maximum Gasteiger partial charge on any atom is 0.356 e. The molecule has 0 amide bonds. The number of halogens is 1. The van der Waals surface area contributed by atoms with Gasteiger partial charge in [-0.1, -0.05) is 28.1 Å². The largest absolute Gasteiger partial charge is 0.476 e. The second kappa shape index (κ2) is 4.72. The highest BCUT2D eigenvalue weighted by molar-refractivity contribution is 9.10. The summed E-state index contributed by atoms with van der Waals surface area (Å²) in [6.45, 7) is 1.66. The number of hydrogen-bond donors (Lipinski definition) is 1. The third-order valence-electron chi connectivity index (χ3n) is 2.99. The lowest BCUT2D eigenvalue weighted by Crippen LogP contribution is -2.06. The lowest BCUT2D eigenvalue weighted by Gasteiger charge is -2.03. The van der Waals surface area contributed by atoms with E-state index in [4.69, 9.17) is 0 Å². The van der Waals surface area contributed by atoms with Gasteiger partial charge < -0.3 is 5.11 Å². The number of carboxylic acids is 1. The Labute approximate surface area is 123 Å². The van der Waals surface area contributed by atoms with Gasteiger partial charge in [-0.2, -0.15) is 5.10 Å². The molecule has 2 heterocycles. The van der Waals surface area contributed by atoms with Crippen LogP contribution in [0, 0.1) is 6.92 Å². The molecule has 3 aromatic rings. The molecule has 0 aliphatic rings. The predicted octanol–water partition coefficient (Wildman–Crippen LogP) is 3.17. The lowest BCUT2D eigenvalue weighted by atomic mass is 10.1. The van der Waals surface area contributed by atoms with E-state index in [1.54, 1.807) is 13.0 Å². The van der Waals surface area contributed by atoms with Crippen LogP contribution in [-0.4, -0.2) is 25.7 Å². The number of aryl methyl sites for hydroxylation is 1. The summed E-state index contributed by atoms with van der Waals surface area (Å²) in [6, 6.07) is 11.3. The summed E-state index contributed by atoms with van der Waals surface area (Å²) in [5, 5.41) is 13.6. The van der Waals surface area contributed by atoms with Crippen molar-refractivity contribution in [3.05, 3.63) is 52.3 Å². The number of imidazole rings is 1. The molecule has 1 aromatic carbocycles. The van der Waals surface area contributed by atoms with Crippen LogP contribution in [0.3, 0.4) is 0 Å². The van der Waals surface area contributed by atoms with E-state index < -0.39 is 5.97 Å². The highest BCUT2D eigenvalue weighted by Gasteiger charge is 2.17. The van der Waals surface area contributed by atoms with Crippen molar-refractivity contribution in [1.82, 2.24) is 14.6 Å². The number of nitrogens with zero attached hydrogens (tertiary/aromatic N) is 3. The van der Waals surface area contributed by atoms with Crippen molar-refractivity contribution in [3.8, 4) is 11.3 Å². The zero-order chi connectivity index (χ0) is 14.3. The summed E-state index contributed by atoms with van der Waals surface area (Å²) in [5.41, 5.74) is 2.69. The normalized spacial score (nSPS) is 10.9. The number of aromatic carboxylic acids is 1. The Morgan fingerprint density at radius 3 is 2.55 bits per heavy atom. The maximum absolute atomic E-state index is 11.3. The van der Waals surface area contributed by atoms with Gasteiger partial charge in [-0.25, -0.2) is 14.3 Å². The SMILES string of the molecule is Cc1nc2ccc(-c3ccc(Br)cc3)nn2c1C(=O)O. The van der Waals surface area contributed by atoms with E-state index in [0.717, 1.165) is 10.0 Å². The molecular weight excluding hydrogens is 322 g/mol. The highest BCUT2D eigenvalue weighted by Crippen LogP contribution is 2.21. The zero-order valence-electron chi connectivity index (χ0n) is 10.5. The molecule has 0 radical (unpaired) electrons. The van der Waals surface area contributed by atoms with Crippen LogP contribution in [0.25, 0.3) is 16.9 Å². The van der Waals surface area contributed by atoms with Crippen molar-refractivity contribution >= 4 is 27.5 Å². The van der Waals surface area contributed by atoms with Gasteiger partial charge in [0, 0.05) is 10.0 Å². The van der Waals surface area contributed by atoms with Crippen LogP contribution in [0.5, 0.6) is 0 Å². The number of carboxylic acid groups (broad SMARTS) is 1. The fraction of sp³-hybridized carbons (Fsp3) is 0.0714. The van der Waals surface area contributed by atoms with E-state index in [9.17, 15) is 9.90 Å². The first-order valence-electron chi connectivity index (χ1n) is 5.92. The number of aromatic nitrogens is 3. The number of carbonyl (C=O) groups is 1. The molecule has 5 nitrogen and oxygen atoms in total. The number of hydrogen-bond acceptors (Lipinski definition) is 3. The van der Waals surface area contributed by atoms with Crippen LogP contribution in [-0.2, 0) is 0 Å². The average molecular weight is 332 g/mol. The highest BCUT2D eigenvalue weighted by atomic mass is 79.9. The molecule has 0 bridgehead atoms. The first kappa shape index (κ1) is 12.8. The summed E-state index contributed by atoms with van der Waals surface area (Å²) in [5.74, 6) is -1.03.